The van der Waals surface area contributed by atoms with Gasteiger partial charge in [0.1, 0.15) is 0 Å². The third kappa shape index (κ3) is 3.53. The highest BCUT2D eigenvalue weighted by atomic mass is 14.3. The van der Waals surface area contributed by atoms with E-state index in [-0.39, 0.29) is 0 Å². The lowest BCUT2D eigenvalue weighted by Crippen LogP contribution is -1.93. The van der Waals surface area contributed by atoms with E-state index in [1.54, 1.807) is 0 Å². The van der Waals surface area contributed by atoms with Crippen molar-refractivity contribution in [1.29, 1.82) is 10.8 Å². The van der Waals surface area contributed by atoms with Gasteiger partial charge in [-0.3, -0.25) is 0 Å². The van der Waals surface area contributed by atoms with Crippen LogP contribution in [0.3, 0.4) is 0 Å². The zero-order chi connectivity index (χ0) is 6.41. The molecule has 2 heteroatoms. The molecule has 2 nitrogen and oxygen atoms in total. The van der Waals surface area contributed by atoms with Crippen molar-refractivity contribution in [2.45, 2.75) is 19.8 Å². The molecule has 0 amide bonds. The van der Waals surface area contributed by atoms with E-state index in [1.807, 2.05) is 6.92 Å². The first-order chi connectivity index (χ1) is 3.81. The zero-order valence-electron chi connectivity index (χ0n) is 5.15. The molecule has 0 aliphatic carbocycles. The Morgan fingerprint density at radius 1 is 1.50 bits per heavy atom. The summed E-state index contributed by atoms with van der Waals surface area (Å²) in [6.45, 7) is 1.98. The fourth-order valence-electron chi connectivity index (χ4n) is 0.430. The number of nitrogens with one attached hydrogen (secondary N) is 2. The van der Waals surface area contributed by atoms with Crippen molar-refractivity contribution in [3.05, 3.63) is 0 Å². The first kappa shape index (κ1) is 7.34. The van der Waals surface area contributed by atoms with Crippen LogP contribution in [0.25, 0.3) is 0 Å². The first-order valence-corrected chi connectivity index (χ1v) is 2.80. The van der Waals surface area contributed by atoms with E-state index >= 15 is 0 Å². The molecule has 46 valence electrons. The van der Waals surface area contributed by atoms with E-state index in [9.17, 15) is 0 Å². The van der Waals surface area contributed by atoms with Gasteiger partial charge in [-0.05, 0) is 31.2 Å². The first-order valence-electron chi connectivity index (χ1n) is 2.80. The predicted molar refractivity (Wildman–Crippen MR) is 36.0 cm³/mol. The molecule has 0 aromatic carbocycles. The smallest absolute Gasteiger partial charge is 0.00194 e. The monoisotopic (exact) mass is 112 g/mol. The Balaban J connectivity index is 3.09. The molecule has 8 heavy (non-hydrogen) atoms. The summed E-state index contributed by atoms with van der Waals surface area (Å²) in [5.74, 6) is 0.344. The second-order valence-corrected chi connectivity index (χ2v) is 1.93. The van der Waals surface area contributed by atoms with Gasteiger partial charge in [-0.1, -0.05) is 6.92 Å². The summed E-state index contributed by atoms with van der Waals surface area (Å²) < 4.78 is 0. The Labute approximate surface area is 49.9 Å². The molecule has 0 aromatic heterocycles. The van der Waals surface area contributed by atoms with E-state index in [4.69, 9.17) is 10.8 Å². The van der Waals surface area contributed by atoms with Gasteiger partial charge in [0, 0.05) is 0 Å². The number of rotatable bonds is 4. The fraction of sp³-hybridized carbons (Fsp3) is 0.667. The summed E-state index contributed by atoms with van der Waals surface area (Å²) in [5, 5.41) is 13.5. The number of hydrogen-bond acceptors (Lipinski definition) is 2. The van der Waals surface area contributed by atoms with Crippen molar-refractivity contribution < 1.29 is 0 Å². The maximum absolute atomic E-state index is 6.79. The highest BCUT2D eigenvalue weighted by molar-refractivity contribution is 5.58. The topological polar surface area (TPSA) is 47.7 Å². The van der Waals surface area contributed by atoms with Crippen molar-refractivity contribution >= 4 is 12.4 Å². The molecular formula is C6H12N2. The molecule has 0 fully saturated rings. The van der Waals surface area contributed by atoms with Crippen LogP contribution < -0.4 is 0 Å². The van der Waals surface area contributed by atoms with Crippen LogP contribution in [0.15, 0.2) is 0 Å². The molecule has 0 bridgehead atoms. The zero-order valence-corrected chi connectivity index (χ0v) is 5.15. The van der Waals surface area contributed by atoms with Crippen molar-refractivity contribution in [3.63, 3.8) is 0 Å². The maximum Gasteiger partial charge on any atom is -0.00194 e. The molecular weight excluding hydrogens is 100 g/mol. The van der Waals surface area contributed by atoms with Gasteiger partial charge in [0.05, 0.1) is 0 Å². The van der Waals surface area contributed by atoms with Crippen molar-refractivity contribution in [2.75, 3.05) is 0 Å². The summed E-state index contributed by atoms with van der Waals surface area (Å²) in [6.07, 6.45) is 4.55. The molecule has 0 saturated carbocycles. The molecule has 0 radical (unpaired) electrons. The molecule has 0 saturated heterocycles. The van der Waals surface area contributed by atoms with Gasteiger partial charge < -0.3 is 10.8 Å². The van der Waals surface area contributed by atoms with Gasteiger partial charge in [0.2, 0.25) is 0 Å². The highest BCUT2D eigenvalue weighted by Crippen LogP contribution is 1.98. The van der Waals surface area contributed by atoms with Gasteiger partial charge in [-0.2, -0.15) is 0 Å². The molecule has 0 heterocycles. The van der Waals surface area contributed by atoms with Crippen molar-refractivity contribution in [3.8, 4) is 0 Å². The van der Waals surface area contributed by atoms with Crippen LogP contribution in [-0.4, -0.2) is 12.4 Å². The fourth-order valence-corrected chi connectivity index (χ4v) is 0.430. The molecule has 0 aromatic rings. The Morgan fingerprint density at radius 2 is 2.12 bits per heavy atom. The lowest BCUT2D eigenvalue weighted by molar-refractivity contribution is 0.721. The van der Waals surface area contributed by atoms with Crippen LogP contribution in [0.4, 0.5) is 0 Å². The van der Waals surface area contributed by atoms with Gasteiger partial charge >= 0.3 is 0 Å². The lowest BCUT2D eigenvalue weighted by Gasteiger charge is -1.97. The van der Waals surface area contributed by atoms with E-state index < -0.39 is 0 Å². The molecule has 1 unspecified atom stereocenters. The van der Waals surface area contributed by atoms with Crippen LogP contribution >= 0.6 is 0 Å². The van der Waals surface area contributed by atoms with E-state index in [2.05, 4.69) is 0 Å². The minimum Gasteiger partial charge on any atom is -0.313 e. The molecule has 2 N–H and O–H groups in total. The molecule has 1 atom stereocenters. The molecule has 0 spiro atoms. The minimum absolute atomic E-state index is 0.344. The van der Waals surface area contributed by atoms with Gasteiger partial charge in [-0.25, -0.2) is 0 Å². The summed E-state index contributed by atoms with van der Waals surface area (Å²) >= 11 is 0. The van der Waals surface area contributed by atoms with Crippen molar-refractivity contribution in [1.82, 2.24) is 0 Å². The SMILES string of the molecule is CC(C=N)CCC=N. The molecule has 0 aliphatic heterocycles. The minimum atomic E-state index is 0.344. The highest BCUT2D eigenvalue weighted by Gasteiger charge is 1.92. The standard InChI is InChI=1S/C6H12N2/c1-6(5-8)3-2-4-7/h4-8H,2-3H2,1H3. The predicted octanol–water partition coefficient (Wildman–Crippen LogP) is 1.70. The maximum atomic E-state index is 6.79. The molecule has 0 aliphatic rings. The average Bonchev–Trinajstić information content (AvgIpc) is 1.83. The third-order valence-electron chi connectivity index (χ3n) is 1.05. The second-order valence-electron chi connectivity index (χ2n) is 1.93. The quantitative estimate of drug-likeness (QED) is 0.520. The average molecular weight is 112 g/mol. The normalized spacial score (nSPS) is 12.6. The Morgan fingerprint density at radius 3 is 2.50 bits per heavy atom. The van der Waals surface area contributed by atoms with Crippen molar-refractivity contribution in [2.24, 2.45) is 5.92 Å². The van der Waals surface area contributed by atoms with Gasteiger partial charge in [0.25, 0.3) is 0 Å². The summed E-state index contributed by atoms with van der Waals surface area (Å²) in [5.41, 5.74) is 0. The van der Waals surface area contributed by atoms with E-state index in [0.29, 0.717) is 5.92 Å². The summed E-state index contributed by atoms with van der Waals surface area (Å²) in [6, 6.07) is 0. The van der Waals surface area contributed by atoms with Crippen LogP contribution in [0.1, 0.15) is 19.8 Å². The summed E-state index contributed by atoms with van der Waals surface area (Å²) in [7, 11) is 0. The third-order valence-corrected chi connectivity index (χ3v) is 1.05. The van der Waals surface area contributed by atoms with Crippen LogP contribution in [0.5, 0.6) is 0 Å². The Hall–Kier alpha value is -0.660. The van der Waals surface area contributed by atoms with Crippen LogP contribution in [-0.2, 0) is 0 Å². The second kappa shape index (κ2) is 4.50. The van der Waals surface area contributed by atoms with E-state index in [0.717, 1.165) is 12.8 Å². The Kier molecular flexibility index (Phi) is 4.13. The van der Waals surface area contributed by atoms with Crippen LogP contribution in [0.2, 0.25) is 0 Å². The van der Waals surface area contributed by atoms with E-state index in [1.165, 1.54) is 12.4 Å². The largest absolute Gasteiger partial charge is 0.313 e. The van der Waals surface area contributed by atoms with Crippen LogP contribution in [0, 0.1) is 16.7 Å². The summed E-state index contributed by atoms with van der Waals surface area (Å²) in [4.78, 5) is 0. The Bertz CT molecular complexity index is 78.6. The molecule has 0 rings (SSSR count). The number of hydrogen-bond donors (Lipinski definition) is 2. The lowest BCUT2D eigenvalue weighted by atomic mass is 10.1. The van der Waals surface area contributed by atoms with Gasteiger partial charge in [-0.15, -0.1) is 0 Å². The van der Waals surface area contributed by atoms with Gasteiger partial charge in [0.15, 0.2) is 0 Å².